The van der Waals surface area contributed by atoms with Gasteiger partial charge in [0.05, 0.1) is 0 Å². The third-order valence-electron chi connectivity index (χ3n) is 2.92. The van der Waals surface area contributed by atoms with Crippen molar-refractivity contribution in [2.75, 3.05) is 13.1 Å². The van der Waals surface area contributed by atoms with E-state index in [2.05, 4.69) is 4.90 Å². The lowest BCUT2D eigenvalue weighted by Gasteiger charge is -2.34. The molecule has 0 aromatic carbocycles. The molecule has 1 amide bonds. The van der Waals surface area contributed by atoms with Gasteiger partial charge in [-0.1, -0.05) is 6.42 Å². The molecule has 1 saturated heterocycles. The number of carbonyl (C=O) groups is 2. The molecule has 86 valence electrons. The fraction of sp³-hybridized carbons (Fsp3) is 0.818. The molecule has 0 saturated carbocycles. The van der Waals surface area contributed by atoms with Crippen LogP contribution in [-0.4, -0.2) is 35.7 Å². The molecule has 1 unspecified atom stereocenters. The van der Waals surface area contributed by atoms with Crippen LogP contribution in [0.4, 0.5) is 0 Å². The highest BCUT2D eigenvalue weighted by molar-refractivity contribution is 5.76. The predicted molar refractivity (Wildman–Crippen MR) is 58.3 cm³/mol. The van der Waals surface area contributed by atoms with Crippen molar-refractivity contribution in [2.45, 2.75) is 45.1 Å². The smallest absolute Gasteiger partial charge is 0.218 e. The van der Waals surface area contributed by atoms with Crippen LogP contribution in [-0.2, 0) is 9.59 Å². The first kappa shape index (κ1) is 12.2. The SMILES string of the molecule is CC(=O)CC1CCCCN1CCC(N)=O. The first-order valence-corrected chi connectivity index (χ1v) is 5.61. The Labute approximate surface area is 90.8 Å². The fourth-order valence-electron chi connectivity index (χ4n) is 2.17. The number of Topliss-reactive ketones (excluding diaryl/α,β-unsaturated/α-hetero) is 1. The van der Waals surface area contributed by atoms with E-state index >= 15 is 0 Å². The van der Waals surface area contributed by atoms with Gasteiger partial charge in [-0.25, -0.2) is 0 Å². The Balaban J connectivity index is 2.42. The molecule has 2 N–H and O–H groups in total. The van der Waals surface area contributed by atoms with E-state index < -0.39 is 0 Å². The van der Waals surface area contributed by atoms with E-state index in [-0.39, 0.29) is 11.7 Å². The average molecular weight is 212 g/mol. The van der Waals surface area contributed by atoms with Gasteiger partial charge in [0, 0.05) is 25.4 Å². The summed E-state index contributed by atoms with van der Waals surface area (Å²) in [7, 11) is 0. The molecule has 1 aliphatic rings. The van der Waals surface area contributed by atoms with Crippen molar-refractivity contribution < 1.29 is 9.59 Å². The van der Waals surface area contributed by atoms with E-state index in [1.165, 1.54) is 6.42 Å². The van der Waals surface area contributed by atoms with Crippen LogP contribution in [0.2, 0.25) is 0 Å². The predicted octanol–water partition coefficient (Wildman–Crippen LogP) is 0.695. The van der Waals surface area contributed by atoms with Gasteiger partial charge in [-0.05, 0) is 26.3 Å². The number of rotatable bonds is 5. The molecule has 1 aliphatic heterocycles. The Morgan fingerprint density at radius 3 is 2.73 bits per heavy atom. The summed E-state index contributed by atoms with van der Waals surface area (Å²) in [6, 6.07) is 0.329. The molecule has 0 aromatic heterocycles. The molecule has 1 rings (SSSR count). The molecule has 15 heavy (non-hydrogen) atoms. The maximum Gasteiger partial charge on any atom is 0.218 e. The quantitative estimate of drug-likeness (QED) is 0.729. The first-order valence-electron chi connectivity index (χ1n) is 5.61. The molecule has 1 fully saturated rings. The number of nitrogens with two attached hydrogens (primary N) is 1. The number of hydrogen-bond acceptors (Lipinski definition) is 3. The van der Waals surface area contributed by atoms with Crippen LogP contribution in [0, 0.1) is 0 Å². The highest BCUT2D eigenvalue weighted by Crippen LogP contribution is 2.19. The van der Waals surface area contributed by atoms with Crippen LogP contribution in [0.5, 0.6) is 0 Å². The number of carbonyl (C=O) groups excluding carboxylic acids is 2. The van der Waals surface area contributed by atoms with Gasteiger partial charge in [0.2, 0.25) is 5.91 Å². The third kappa shape index (κ3) is 4.42. The van der Waals surface area contributed by atoms with E-state index in [1.807, 2.05) is 0 Å². The van der Waals surface area contributed by atoms with Crippen LogP contribution >= 0.6 is 0 Å². The van der Waals surface area contributed by atoms with Crippen LogP contribution in [0.1, 0.15) is 39.0 Å². The minimum Gasteiger partial charge on any atom is -0.370 e. The van der Waals surface area contributed by atoms with Crippen LogP contribution in [0.3, 0.4) is 0 Å². The lowest BCUT2D eigenvalue weighted by molar-refractivity contribution is -0.118. The number of piperidine rings is 1. The normalized spacial score (nSPS) is 22.6. The van der Waals surface area contributed by atoms with E-state index in [0.717, 1.165) is 19.4 Å². The zero-order chi connectivity index (χ0) is 11.3. The van der Waals surface area contributed by atoms with E-state index in [4.69, 9.17) is 5.73 Å². The number of hydrogen-bond donors (Lipinski definition) is 1. The van der Waals surface area contributed by atoms with Crippen molar-refractivity contribution in [3.05, 3.63) is 0 Å². The Bertz CT molecular complexity index is 241. The Kier molecular flexibility index (Phi) is 4.75. The molecule has 0 aliphatic carbocycles. The highest BCUT2D eigenvalue weighted by atomic mass is 16.1. The zero-order valence-electron chi connectivity index (χ0n) is 9.37. The van der Waals surface area contributed by atoms with Gasteiger partial charge in [0.25, 0.3) is 0 Å². The zero-order valence-corrected chi connectivity index (χ0v) is 9.37. The minimum absolute atomic E-state index is 0.228. The molecule has 4 nitrogen and oxygen atoms in total. The van der Waals surface area contributed by atoms with Gasteiger partial charge in [0.1, 0.15) is 5.78 Å². The van der Waals surface area contributed by atoms with Crippen molar-refractivity contribution in [3.63, 3.8) is 0 Å². The van der Waals surface area contributed by atoms with Crippen molar-refractivity contribution in [3.8, 4) is 0 Å². The standard InChI is InChI=1S/C11H20N2O2/c1-9(14)8-10-4-2-3-6-13(10)7-5-11(12)15/h10H,2-8H2,1H3,(H2,12,15). The van der Waals surface area contributed by atoms with Crippen molar-refractivity contribution >= 4 is 11.7 Å². The van der Waals surface area contributed by atoms with E-state index in [9.17, 15) is 9.59 Å². The second-order valence-corrected chi connectivity index (χ2v) is 4.31. The molecule has 1 atom stereocenters. The van der Waals surface area contributed by atoms with Gasteiger partial charge >= 0.3 is 0 Å². The average Bonchev–Trinajstić information content (AvgIpc) is 2.15. The van der Waals surface area contributed by atoms with Crippen molar-refractivity contribution in [1.82, 2.24) is 4.90 Å². The largest absolute Gasteiger partial charge is 0.370 e. The summed E-state index contributed by atoms with van der Waals surface area (Å²) < 4.78 is 0. The Hall–Kier alpha value is -0.900. The number of likely N-dealkylation sites (tertiary alicyclic amines) is 1. The van der Waals surface area contributed by atoms with Gasteiger partial charge in [-0.15, -0.1) is 0 Å². The third-order valence-corrected chi connectivity index (χ3v) is 2.92. The summed E-state index contributed by atoms with van der Waals surface area (Å²) in [5.41, 5.74) is 5.12. The maximum absolute atomic E-state index is 11.1. The van der Waals surface area contributed by atoms with Crippen molar-refractivity contribution in [2.24, 2.45) is 5.73 Å². The molecular formula is C11H20N2O2. The number of nitrogens with zero attached hydrogens (tertiary/aromatic N) is 1. The van der Waals surface area contributed by atoms with Crippen LogP contribution in [0.25, 0.3) is 0 Å². The second-order valence-electron chi connectivity index (χ2n) is 4.31. The second kappa shape index (κ2) is 5.85. The summed E-state index contributed by atoms with van der Waals surface area (Å²) in [6.45, 7) is 3.32. The molecule has 1 heterocycles. The maximum atomic E-state index is 11.1. The molecule has 0 radical (unpaired) electrons. The van der Waals surface area contributed by atoms with Crippen LogP contribution in [0.15, 0.2) is 0 Å². The van der Waals surface area contributed by atoms with Crippen molar-refractivity contribution in [1.29, 1.82) is 0 Å². The number of amides is 1. The fourth-order valence-corrected chi connectivity index (χ4v) is 2.17. The van der Waals surface area contributed by atoms with E-state index in [1.54, 1.807) is 6.92 Å². The van der Waals surface area contributed by atoms with E-state index in [0.29, 0.717) is 25.4 Å². The highest BCUT2D eigenvalue weighted by Gasteiger charge is 2.23. The topological polar surface area (TPSA) is 63.4 Å². The molecule has 0 aromatic rings. The Morgan fingerprint density at radius 2 is 2.13 bits per heavy atom. The summed E-state index contributed by atoms with van der Waals surface area (Å²) >= 11 is 0. The lowest BCUT2D eigenvalue weighted by Crippen LogP contribution is -2.42. The summed E-state index contributed by atoms with van der Waals surface area (Å²) in [4.78, 5) is 24.0. The molecule has 4 heteroatoms. The minimum atomic E-state index is -0.262. The lowest BCUT2D eigenvalue weighted by atomic mass is 9.97. The van der Waals surface area contributed by atoms with Gasteiger partial charge in [-0.2, -0.15) is 0 Å². The number of primary amides is 1. The monoisotopic (exact) mass is 212 g/mol. The molecule has 0 spiro atoms. The summed E-state index contributed by atoms with van der Waals surface area (Å²) in [5, 5.41) is 0. The van der Waals surface area contributed by atoms with Crippen LogP contribution < -0.4 is 5.73 Å². The number of ketones is 1. The molecule has 0 bridgehead atoms. The summed E-state index contributed by atoms with van der Waals surface area (Å²) in [5.74, 6) is -0.0341. The molecular weight excluding hydrogens is 192 g/mol. The van der Waals surface area contributed by atoms with Gasteiger partial charge in [-0.3, -0.25) is 14.5 Å². The summed E-state index contributed by atoms with van der Waals surface area (Å²) in [6.07, 6.45) is 4.42. The van der Waals surface area contributed by atoms with Gasteiger partial charge in [0.15, 0.2) is 0 Å². The van der Waals surface area contributed by atoms with Gasteiger partial charge < -0.3 is 5.73 Å². The first-order chi connectivity index (χ1) is 7.09. The Morgan fingerprint density at radius 1 is 1.40 bits per heavy atom.